The molecule has 0 spiro atoms. The summed E-state index contributed by atoms with van der Waals surface area (Å²) in [5.74, 6) is -0.374. The molecule has 0 bridgehead atoms. The molecule has 8 heteroatoms. The monoisotopic (exact) mass is 377 g/mol. The number of nitriles is 1. The molecular formula is C17H16ClN3O3S. The van der Waals surface area contributed by atoms with Gasteiger partial charge in [0.05, 0.1) is 11.0 Å². The lowest BCUT2D eigenvalue weighted by Crippen LogP contribution is -2.24. The number of carbonyl (C=O) groups excluding carboxylic acids is 1. The minimum Gasteiger partial charge on any atom is -0.322 e. The number of carbonyl (C=O) groups is 1. The van der Waals surface area contributed by atoms with E-state index >= 15 is 0 Å². The van der Waals surface area contributed by atoms with Crippen molar-refractivity contribution in [3.8, 4) is 6.07 Å². The van der Waals surface area contributed by atoms with Gasteiger partial charge in [-0.1, -0.05) is 17.7 Å². The van der Waals surface area contributed by atoms with Crippen molar-refractivity contribution in [3.63, 3.8) is 0 Å². The van der Waals surface area contributed by atoms with Crippen molar-refractivity contribution in [1.29, 1.82) is 5.26 Å². The molecule has 0 aliphatic rings. The van der Waals surface area contributed by atoms with Gasteiger partial charge in [0.2, 0.25) is 10.0 Å². The first-order valence-corrected chi connectivity index (χ1v) is 9.24. The smallest absolute Gasteiger partial charge is 0.255 e. The van der Waals surface area contributed by atoms with Gasteiger partial charge in [-0.15, -0.1) is 0 Å². The van der Waals surface area contributed by atoms with Crippen molar-refractivity contribution in [2.45, 2.75) is 18.2 Å². The number of sulfonamides is 1. The Kier molecular flexibility index (Phi) is 6.15. The summed E-state index contributed by atoms with van der Waals surface area (Å²) < 4.78 is 26.3. The van der Waals surface area contributed by atoms with Gasteiger partial charge in [-0.2, -0.15) is 5.26 Å². The Morgan fingerprint density at radius 3 is 2.48 bits per heavy atom. The summed E-state index contributed by atoms with van der Waals surface area (Å²) in [4.78, 5) is 12.3. The molecule has 6 nitrogen and oxygen atoms in total. The van der Waals surface area contributed by atoms with Gasteiger partial charge in [0.15, 0.2) is 0 Å². The van der Waals surface area contributed by atoms with Crippen molar-refractivity contribution in [2.24, 2.45) is 0 Å². The van der Waals surface area contributed by atoms with Crippen LogP contribution in [0, 0.1) is 18.3 Å². The number of hydrogen-bond donors (Lipinski definition) is 2. The number of hydrogen-bond acceptors (Lipinski definition) is 4. The second kappa shape index (κ2) is 8.12. The van der Waals surface area contributed by atoms with Gasteiger partial charge >= 0.3 is 0 Å². The van der Waals surface area contributed by atoms with Crippen molar-refractivity contribution in [2.75, 3.05) is 11.9 Å². The third kappa shape index (κ3) is 5.03. The molecule has 0 aliphatic carbocycles. The van der Waals surface area contributed by atoms with Crippen LogP contribution in [-0.2, 0) is 10.0 Å². The van der Waals surface area contributed by atoms with Crippen molar-refractivity contribution in [3.05, 3.63) is 58.6 Å². The lowest BCUT2D eigenvalue weighted by atomic mass is 10.2. The highest BCUT2D eigenvalue weighted by atomic mass is 35.5. The molecule has 0 unspecified atom stereocenters. The summed E-state index contributed by atoms with van der Waals surface area (Å²) in [6, 6.07) is 12.5. The number of halogens is 1. The van der Waals surface area contributed by atoms with Gasteiger partial charge in [-0.05, 0) is 48.9 Å². The van der Waals surface area contributed by atoms with Crippen LogP contribution in [0.3, 0.4) is 0 Å². The number of aryl methyl sites for hydroxylation is 1. The maximum absolute atomic E-state index is 12.2. The van der Waals surface area contributed by atoms with Gasteiger partial charge in [0, 0.05) is 29.2 Å². The topological polar surface area (TPSA) is 99.1 Å². The van der Waals surface area contributed by atoms with Gasteiger partial charge < -0.3 is 5.32 Å². The maximum atomic E-state index is 12.2. The minimum atomic E-state index is -3.69. The van der Waals surface area contributed by atoms with Crippen LogP contribution in [0.1, 0.15) is 22.3 Å². The predicted octanol–water partition coefficient (Wildman–Crippen LogP) is 3.09. The lowest BCUT2D eigenvalue weighted by molar-refractivity contribution is 0.102. The van der Waals surface area contributed by atoms with Crippen LogP contribution < -0.4 is 10.0 Å². The fourth-order valence-electron chi connectivity index (χ4n) is 1.98. The number of nitrogens with zero attached hydrogens (tertiary/aromatic N) is 1. The zero-order valence-electron chi connectivity index (χ0n) is 13.4. The number of anilines is 1. The van der Waals surface area contributed by atoms with E-state index in [0.29, 0.717) is 16.3 Å². The zero-order valence-corrected chi connectivity index (χ0v) is 15.0. The largest absolute Gasteiger partial charge is 0.322 e. The quantitative estimate of drug-likeness (QED) is 0.755. The molecule has 0 aliphatic heterocycles. The molecule has 0 aromatic heterocycles. The molecule has 1 amide bonds. The van der Waals surface area contributed by atoms with Crippen molar-refractivity contribution < 1.29 is 13.2 Å². The molecule has 2 aromatic carbocycles. The Hall–Kier alpha value is -2.40. The van der Waals surface area contributed by atoms with E-state index in [-0.39, 0.29) is 23.8 Å². The van der Waals surface area contributed by atoms with Crippen LogP contribution in [0.5, 0.6) is 0 Å². The third-order valence-electron chi connectivity index (χ3n) is 3.39. The van der Waals surface area contributed by atoms with Crippen LogP contribution in [0.4, 0.5) is 5.69 Å². The van der Waals surface area contributed by atoms with E-state index < -0.39 is 10.0 Å². The molecular weight excluding hydrogens is 362 g/mol. The molecule has 0 atom stereocenters. The molecule has 2 N–H and O–H groups in total. The highest BCUT2D eigenvalue weighted by Gasteiger charge is 2.14. The van der Waals surface area contributed by atoms with E-state index in [9.17, 15) is 13.2 Å². The highest BCUT2D eigenvalue weighted by molar-refractivity contribution is 7.89. The molecule has 0 heterocycles. The maximum Gasteiger partial charge on any atom is 0.255 e. The number of amides is 1. The van der Waals surface area contributed by atoms with Gasteiger partial charge in [-0.25, -0.2) is 13.1 Å². The van der Waals surface area contributed by atoms with Crippen LogP contribution in [0.2, 0.25) is 5.02 Å². The van der Waals surface area contributed by atoms with Crippen molar-refractivity contribution in [1.82, 2.24) is 4.72 Å². The van der Waals surface area contributed by atoms with E-state index in [0.717, 1.165) is 5.56 Å². The SMILES string of the molecule is Cc1ccc(NC(=O)c2ccc(S(=O)(=O)NCCC#N)cc2)cc1Cl. The first-order valence-electron chi connectivity index (χ1n) is 7.37. The van der Waals surface area contributed by atoms with Gasteiger partial charge in [0.1, 0.15) is 0 Å². The molecule has 25 heavy (non-hydrogen) atoms. The average Bonchev–Trinajstić information content (AvgIpc) is 2.58. The Labute approximate surface area is 151 Å². The Bertz CT molecular complexity index is 919. The van der Waals surface area contributed by atoms with Crippen LogP contribution in [-0.4, -0.2) is 20.9 Å². The van der Waals surface area contributed by atoms with Crippen molar-refractivity contribution >= 4 is 33.2 Å². The summed E-state index contributed by atoms with van der Waals surface area (Å²) >= 11 is 6.02. The molecule has 2 aromatic rings. The lowest BCUT2D eigenvalue weighted by Gasteiger charge is -2.08. The Morgan fingerprint density at radius 2 is 1.88 bits per heavy atom. The predicted molar refractivity (Wildman–Crippen MR) is 96.0 cm³/mol. The number of rotatable bonds is 6. The van der Waals surface area contributed by atoms with E-state index in [1.165, 1.54) is 24.3 Å². The van der Waals surface area contributed by atoms with E-state index in [1.807, 2.05) is 13.0 Å². The Balaban J connectivity index is 2.09. The molecule has 0 saturated carbocycles. The van der Waals surface area contributed by atoms with Crippen LogP contribution in [0.15, 0.2) is 47.4 Å². The highest BCUT2D eigenvalue weighted by Crippen LogP contribution is 2.20. The molecule has 2 rings (SSSR count). The summed E-state index contributed by atoms with van der Waals surface area (Å²) in [7, 11) is -3.69. The first kappa shape index (κ1) is 18.9. The molecule has 0 saturated heterocycles. The summed E-state index contributed by atoms with van der Waals surface area (Å²) in [6.45, 7) is 1.90. The molecule has 0 fully saturated rings. The normalized spacial score (nSPS) is 10.9. The fourth-order valence-corrected chi connectivity index (χ4v) is 3.20. The molecule has 0 radical (unpaired) electrons. The number of nitrogens with one attached hydrogen (secondary N) is 2. The van der Waals surface area contributed by atoms with E-state index in [2.05, 4.69) is 10.0 Å². The first-order chi connectivity index (χ1) is 11.8. The zero-order chi connectivity index (χ0) is 18.4. The Morgan fingerprint density at radius 1 is 1.20 bits per heavy atom. The minimum absolute atomic E-state index is 0.0281. The van der Waals surface area contributed by atoms with E-state index in [4.69, 9.17) is 16.9 Å². The third-order valence-corrected chi connectivity index (χ3v) is 5.27. The number of benzene rings is 2. The second-order valence-corrected chi connectivity index (χ2v) is 7.42. The van der Waals surface area contributed by atoms with E-state index in [1.54, 1.807) is 18.2 Å². The summed E-state index contributed by atoms with van der Waals surface area (Å²) in [5, 5.41) is 11.7. The van der Waals surface area contributed by atoms with Gasteiger partial charge in [-0.3, -0.25) is 4.79 Å². The average molecular weight is 378 g/mol. The summed E-state index contributed by atoms with van der Waals surface area (Å²) in [6.07, 6.45) is 0.0822. The molecule has 130 valence electrons. The van der Waals surface area contributed by atoms with Gasteiger partial charge in [0.25, 0.3) is 5.91 Å². The fraction of sp³-hybridized carbons (Fsp3) is 0.176. The standard InChI is InChI=1S/C17H16ClN3O3S/c1-12-3-6-14(11-16(12)18)21-17(22)13-4-7-15(8-5-13)25(23,24)20-10-2-9-19/h3-8,11,20H,2,10H2,1H3,(H,21,22). The second-order valence-electron chi connectivity index (χ2n) is 5.25. The summed E-state index contributed by atoms with van der Waals surface area (Å²) in [5.41, 5.74) is 1.77. The van der Waals surface area contributed by atoms with Crippen LogP contribution >= 0.6 is 11.6 Å². The van der Waals surface area contributed by atoms with Crippen LogP contribution in [0.25, 0.3) is 0 Å².